The number of rotatable bonds is 6. The van der Waals surface area contributed by atoms with Crippen molar-refractivity contribution in [2.24, 2.45) is 0 Å². The lowest BCUT2D eigenvalue weighted by Crippen LogP contribution is -2.49. The van der Waals surface area contributed by atoms with E-state index in [9.17, 15) is 28.1 Å². The van der Waals surface area contributed by atoms with Gasteiger partial charge in [0.2, 0.25) is 11.6 Å². The highest BCUT2D eigenvalue weighted by Crippen LogP contribution is 2.35. The molecule has 0 unspecified atom stereocenters. The molecule has 1 aliphatic rings. The van der Waals surface area contributed by atoms with Crippen molar-refractivity contribution >= 4 is 23.2 Å². The molecule has 0 atom stereocenters. The molecule has 10 nitrogen and oxygen atoms in total. The van der Waals surface area contributed by atoms with Crippen LogP contribution >= 0.6 is 0 Å². The number of benzene rings is 1. The Hall–Kier alpha value is -4.16. The monoisotopic (exact) mass is 476 g/mol. The summed E-state index contributed by atoms with van der Waals surface area (Å²) in [5, 5.41) is 14.5. The van der Waals surface area contributed by atoms with Crippen LogP contribution in [-0.4, -0.2) is 51.9 Å². The van der Waals surface area contributed by atoms with Gasteiger partial charge in [-0.25, -0.2) is 9.97 Å². The fourth-order valence-corrected chi connectivity index (χ4v) is 3.71. The van der Waals surface area contributed by atoms with Gasteiger partial charge in [-0.3, -0.25) is 14.9 Å². The first kappa shape index (κ1) is 23.0. The predicted molar refractivity (Wildman–Crippen MR) is 114 cm³/mol. The molecule has 1 saturated heterocycles. The zero-order valence-electron chi connectivity index (χ0n) is 17.7. The van der Waals surface area contributed by atoms with E-state index in [1.807, 2.05) is 0 Å². The molecule has 0 radical (unpaired) electrons. The van der Waals surface area contributed by atoms with Crippen LogP contribution in [0.3, 0.4) is 0 Å². The van der Waals surface area contributed by atoms with Gasteiger partial charge in [0.1, 0.15) is 6.33 Å². The van der Waals surface area contributed by atoms with Crippen LogP contribution in [0, 0.1) is 10.1 Å². The number of carbonyl (C=O) groups excluding carboxylic acids is 1. The number of alkyl halides is 3. The Morgan fingerprint density at radius 3 is 2.50 bits per heavy atom. The Kier molecular flexibility index (Phi) is 6.34. The molecular formula is C21H19F3N6O4. The van der Waals surface area contributed by atoms with Crippen LogP contribution in [0.1, 0.15) is 21.7 Å². The molecule has 3 heterocycles. The Morgan fingerprint density at radius 1 is 1.12 bits per heavy atom. The fourth-order valence-electron chi connectivity index (χ4n) is 3.71. The smallest absolute Gasteiger partial charge is 0.416 e. The van der Waals surface area contributed by atoms with Gasteiger partial charge in [-0.05, 0) is 23.8 Å². The Morgan fingerprint density at radius 2 is 1.85 bits per heavy atom. The minimum Gasteiger partial charge on any atom is -0.459 e. The summed E-state index contributed by atoms with van der Waals surface area (Å²) in [5.74, 6) is -0.252. The molecule has 0 aliphatic carbocycles. The van der Waals surface area contributed by atoms with Gasteiger partial charge < -0.3 is 19.5 Å². The summed E-state index contributed by atoms with van der Waals surface area (Å²) in [6.45, 7) is 0.768. The second-order valence-electron chi connectivity index (χ2n) is 7.42. The minimum absolute atomic E-state index is 0.0247. The molecule has 1 aromatic carbocycles. The van der Waals surface area contributed by atoms with Crippen molar-refractivity contribution in [1.82, 2.24) is 14.9 Å². The summed E-state index contributed by atoms with van der Waals surface area (Å²) in [6, 6.07) is 8.12. The number of piperazine rings is 1. The van der Waals surface area contributed by atoms with E-state index in [4.69, 9.17) is 4.42 Å². The number of hydrogen-bond acceptors (Lipinski definition) is 8. The Labute approximate surface area is 191 Å². The summed E-state index contributed by atoms with van der Waals surface area (Å²) in [5.41, 5.74) is -1.36. The number of furan rings is 1. The quantitative estimate of drug-likeness (QED) is 0.424. The van der Waals surface area contributed by atoms with Crippen molar-refractivity contribution in [2.45, 2.75) is 12.7 Å². The zero-order chi connectivity index (χ0) is 24.3. The SMILES string of the molecule is O=C(c1ccco1)N1CCN(c2ncnc(NCc3ccccc3C(F)(F)F)c2[N+](=O)[O-])CC1. The summed E-state index contributed by atoms with van der Waals surface area (Å²) in [7, 11) is 0. The molecule has 13 heteroatoms. The number of nitrogens with zero attached hydrogens (tertiary/aromatic N) is 5. The first-order valence-electron chi connectivity index (χ1n) is 10.2. The van der Waals surface area contributed by atoms with Gasteiger partial charge in [-0.15, -0.1) is 0 Å². The number of nitrogens with one attached hydrogen (secondary N) is 1. The highest BCUT2D eigenvalue weighted by atomic mass is 19.4. The van der Waals surface area contributed by atoms with E-state index >= 15 is 0 Å². The third kappa shape index (κ3) is 4.77. The van der Waals surface area contributed by atoms with Gasteiger partial charge >= 0.3 is 11.9 Å². The summed E-state index contributed by atoms with van der Waals surface area (Å²) in [6.07, 6.45) is -2.05. The van der Waals surface area contributed by atoms with Crippen LogP contribution in [0.25, 0.3) is 0 Å². The standard InChI is InChI=1S/C21H19F3N6O4/c22-21(23,24)15-5-2-1-4-14(15)12-25-18-17(30(32)33)19(27-13-26-18)28-7-9-29(10-8-28)20(31)16-6-3-11-34-16/h1-6,11,13H,7-10,12H2,(H,25,26,27). The van der Waals surface area contributed by atoms with E-state index in [-0.39, 0.29) is 61.6 Å². The maximum atomic E-state index is 13.3. The van der Waals surface area contributed by atoms with Crippen LogP contribution in [0.2, 0.25) is 0 Å². The number of aromatic nitrogens is 2. The van der Waals surface area contributed by atoms with E-state index < -0.39 is 22.4 Å². The van der Waals surface area contributed by atoms with E-state index in [1.54, 1.807) is 21.9 Å². The third-order valence-corrected chi connectivity index (χ3v) is 5.35. The molecule has 1 aliphatic heterocycles. The molecule has 4 rings (SSSR count). The van der Waals surface area contributed by atoms with Crippen LogP contribution in [0.5, 0.6) is 0 Å². The average molecular weight is 476 g/mol. The topological polar surface area (TPSA) is 118 Å². The number of amides is 1. The van der Waals surface area contributed by atoms with E-state index in [0.717, 1.165) is 12.4 Å². The van der Waals surface area contributed by atoms with Gasteiger partial charge in [0.25, 0.3) is 5.91 Å². The molecule has 178 valence electrons. The highest BCUT2D eigenvalue weighted by Gasteiger charge is 2.34. The number of hydrogen-bond donors (Lipinski definition) is 1. The molecule has 1 amide bonds. The second-order valence-corrected chi connectivity index (χ2v) is 7.42. The number of nitro groups is 1. The van der Waals surface area contributed by atoms with Gasteiger partial charge in [-0.2, -0.15) is 13.2 Å². The second kappa shape index (κ2) is 9.37. The van der Waals surface area contributed by atoms with Crippen molar-refractivity contribution < 1.29 is 27.3 Å². The number of carbonyl (C=O) groups is 1. The molecule has 0 saturated carbocycles. The van der Waals surface area contributed by atoms with E-state index in [2.05, 4.69) is 15.3 Å². The molecule has 0 bridgehead atoms. The first-order valence-corrected chi connectivity index (χ1v) is 10.2. The zero-order valence-corrected chi connectivity index (χ0v) is 17.7. The summed E-state index contributed by atoms with van der Waals surface area (Å²) >= 11 is 0. The van der Waals surface area contributed by atoms with Crippen molar-refractivity contribution in [1.29, 1.82) is 0 Å². The Bertz CT molecular complexity index is 1180. The first-order chi connectivity index (χ1) is 16.3. The van der Waals surface area contributed by atoms with Crippen molar-refractivity contribution in [3.63, 3.8) is 0 Å². The van der Waals surface area contributed by atoms with Gasteiger partial charge in [0.15, 0.2) is 5.76 Å². The highest BCUT2D eigenvalue weighted by molar-refractivity contribution is 5.91. The van der Waals surface area contributed by atoms with Gasteiger partial charge in [0.05, 0.1) is 16.7 Å². The van der Waals surface area contributed by atoms with E-state index in [1.165, 1.54) is 24.5 Å². The molecular weight excluding hydrogens is 457 g/mol. The molecule has 1 N–H and O–H groups in total. The molecule has 2 aromatic heterocycles. The lowest BCUT2D eigenvalue weighted by molar-refractivity contribution is -0.383. The van der Waals surface area contributed by atoms with E-state index in [0.29, 0.717) is 0 Å². The van der Waals surface area contributed by atoms with Crippen LogP contribution in [0.15, 0.2) is 53.4 Å². The summed E-state index contributed by atoms with van der Waals surface area (Å²) in [4.78, 5) is 34.8. The van der Waals surface area contributed by atoms with Crippen LogP contribution in [-0.2, 0) is 12.7 Å². The molecule has 3 aromatic rings. The van der Waals surface area contributed by atoms with Crippen molar-refractivity contribution in [2.75, 3.05) is 36.4 Å². The lowest BCUT2D eigenvalue weighted by atomic mass is 10.1. The van der Waals surface area contributed by atoms with Gasteiger partial charge in [0, 0.05) is 32.7 Å². The molecule has 1 fully saturated rings. The number of anilines is 2. The normalized spacial score (nSPS) is 14.2. The fraction of sp³-hybridized carbons (Fsp3) is 0.286. The van der Waals surface area contributed by atoms with Crippen LogP contribution in [0.4, 0.5) is 30.5 Å². The number of halogens is 3. The van der Waals surface area contributed by atoms with Gasteiger partial charge in [-0.1, -0.05) is 18.2 Å². The Balaban J connectivity index is 1.52. The minimum atomic E-state index is -4.56. The lowest BCUT2D eigenvalue weighted by Gasteiger charge is -2.34. The molecule has 34 heavy (non-hydrogen) atoms. The maximum Gasteiger partial charge on any atom is 0.416 e. The van der Waals surface area contributed by atoms with Crippen molar-refractivity contribution in [3.05, 3.63) is 76.0 Å². The largest absolute Gasteiger partial charge is 0.459 e. The third-order valence-electron chi connectivity index (χ3n) is 5.35. The molecule has 0 spiro atoms. The predicted octanol–water partition coefficient (Wildman–Crippen LogP) is 3.57. The maximum absolute atomic E-state index is 13.3. The average Bonchev–Trinajstić information content (AvgIpc) is 3.36. The van der Waals surface area contributed by atoms with Crippen molar-refractivity contribution in [3.8, 4) is 0 Å². The summed E-state index contributed by atoms with van der Waals surface area (Å²) < 4.78 is 44.9. The van der Waals surface area contributed by atoms with Crippen LogP contribution < -0.4 is 10.2 Å².